The third-order valence-corrected chi connectivity index (χ3v) is 10.8. The topological polar surface area (TPSA) is 85.7 Å². The lowest BCUT2D eigenvalue weighted by molar-refractivity contribution is -0.123. The maximum Gasteiger partial charge on any atom is 0.407 e. The third-order valence-electron chi connectivity index (χ3n) is 10.8. The molecular formula is C39H52N4O4. The van der Waals surface area contributed by atoms with Gasteiger partial charge in [-0.3, -0.25) is 9.48 Å². The zero-order valence-electron chi connectivity index (χ0n) is 28.6. The van der Waals surface area contributed by atoms with Gasteiger partial charge in [0.15, 0.2) is 0 Å². The molecule has 0 unspecified atom stereocenters. The molecule has 1 N–H and O–H groups in total. The summed E-state index contributed by atoms with van der Waals surface area (Å²) in [5.74, 6) is 2.08. The summed E-state index contributed by atoms with van der Waals surface area (Å²) in [6.07, 6.45) is 14.4. The monoisotopic (exact) mass is 640 g/mol. The Balaban J connectivity index is 1.14. The molecule has 252 valence electrons. The third kappa shape index (κ3) is 8.02. The van der Waals surface area contributed by atoms with E-state index >= 15 is 0 Å². The number of aromatic nitrogens is 2. The first-order valence-electron chi connectivity index (χ1n) is 17.8. The highest BCUT2D eigenvalue weighted by atomic mass is 16.6. The van der Waals surface area contributed by atoms with E-state index in [0.29, 0.717) is 11.8 Å². The van der Waals surface area contributed by atoms with E-state index in [2.05, 4.69) is 84.7 Å². The van der Waals surface area contributed by atoms with Crippen LogP contribution in [0.1, 0.15) is 108 Å². The zero-order chi connectivity index (χ0) is 32.9. The van der Waals surface area contributed by atoms with Crippen molar-refractivity contribution in [2.75, 3.05) is 18.6 Å². The summed E-state index contributed by atoms with van der Waals surface area (Å²) in [5.41, 5.74) is 5.67. The average Bonchev–Trinajstić information content (AvgIpc) is 3.57. The molecule has 1 heterocycles. The summed E-state index contributed by atoms with van der Waals surface area (Å²) < 4.78 is 13.0. The van der Waals surface area contributed by atoms with E-state index in [1.165, 1.54) is 11.1 Å². The van der Waals surface area contributed by atoms with Gasteiger partial charge in [0, 0.05) is 42.0 Å². The Hall–Kier alpha value is -3.81. The minimum Gasteiger partial charge on any atom is -0.496 e. The van der Waals surface area contributed by atoms with Crippen LogP contribution in [0.3, 0.4) is 0 Å². The predicted octanol–water partition coefficient (Wildman–Crippen LogP) is 8.59. The molecule has 0 saturated heterocycles. The van der Waals surface area contributed by atoms with Crippen LogP contribution in [0.4, 0.5) is 10.5 Å². The number of alkyl carbamates (subject to hydrolysis) is 1. The number of benzene rings is 2. The van der Waals surface area contributed by atoms with Crippen molar-refractivity contribution in [2.24, 2.45) is 11.8 Å². The molecule has 2 amide bonds. The largest absolute Gasteiger partial charge is 0.496 e. The summed E-state index contributed by atoms with van der Waals surface area (Å²) >= 11 is 0. The Morgan fingerprint density at radius 1 is 0.957 bits per heavy atom. The van der Waals surface area contributed by atoms with Crippen LogP contribution in [0.25, 0.3) is 11.1 Å². The molecule has 8 nitrogen and oxygen atoms in total. The highest BCUT2D eigenvalue weighted by Crippen LogP contribution is 2.39. The number of aryl methyl sites for hydroxylation is 1. The minimum atomic E-state index is -0.302. The SMILES string of the molecule is COc1ccc(C2CCC(CN(C(=O)C3CCC(NC(=O)OC4CCC4)CC3)c3cccc(-c4cnn(C(C)C)c4)c3)CC2)cc1C. The molecule has 3 aromatic rings. The van der Waals surface area contributed by atoms with Crippen molar-refractivity contribution < 1.29 is 19.1 Å². The van der Waals surface area contributed by atoms with Gasteiger partial charge in [-0.1, -0.05) is 24.3 Å². The number of ether oxygens (including phenoxy) is 2. The maximum atomic E-state index is 14.4. The molecule has 6 rings (SSSR count). The maximum absolute atomic E-state index is 14.4. The van der Waals surface area contributed by atoms with Crippen LogP contribution >= 0.6 is 0 Å². The highest BCUT2D eigenvalue weighted by Gasteiger charge is 2.34. The van der Waals surface area contributed by atoms with Crippen LogP contribution in [0.15, 0.2) is 54.9 Å². The molecule has 0 atom stereocenters. The van der Waals surface area contributed by atoms with E-state index in [-0.39, 0.29) is 36.1 Å². The molecule has 0 aliphatic heterocycles. The van der Waals surface area contributed by atoms with Crippen molar-refractivity contribution in [3.8, 4) is 16.9 Å². The first kappa shape index (κ1) is 33.1. The summed E-state index contributed by atoms with van der Waals surface area (Å²) in [7, 11) is 1.73. The number of amides is 2. The van der Waals surface area contributed by atoms with E-state index < -0.39 is 0 Å². The molecule has 0 spiro atoms. The van der Waals surface area contributed by atoms with Gasteiger partial charge in [-0.25, -0.2) is 4.79 Å². The first-order valence-corrected chi connectivity index (χ1v) is 17.8. The molecular weight excluding hydrogens is 588 g/mol. The number of anilines is 1. The highest BCUT2D eigenvalue weighted by molar-refractivity contribution is 5.95. The molecule has 1 aromatic heterocycles. The second kappa shape index (κ2) is 15.0. The molecule has 3 aliphatic rings. The molecule has 8 heteroatoms. The Kier molecular flexibility index (Phi) is 10.5. The second-order valence-corrected chi connectivity index (χ2v) is 14.4. The van der Waals surface area contributed by atoms with Gasteiger partial charge < -0.3 is 19.7 Å². The van der Waals surface area contributed by atoms with Gasteiger partial charge in [0.1, 0.15) is 11.9 Å². The van der Waals surface area contributed by atoms with Gasteiger partial charge in [0.25, 0.3) is 0 Å². The number of nitrogens with one attached hydrogen (secondary N) is 1. The van der Waals surface area contributed by atoms with Gasteiger partial charge >= 0.3 is 6.09 Å². The predicted molar refractivity (Wildman–Crippen MR) is 186 cm³/mol. The summed E-state index contributed by atoms with van der Waals surface area (Å²) in [4.78, 5) is 28.9. The second-order valence-electron chi connectivity index (χ2n) is 14.4. The van der Waals surface area contributed by atoms with Gasteiger partial charge in [-0.2, -0.15) is 5.10 Å². The van der Waals surface area contributed by atoms with Crippen LogP contribution in [0, 0.1) is 18.8 Å². The van der Waals surface area contributed by atoms with E-state index in [1.54, 1.807) is 7.11 Å². The minimum absolute atomic E-state index is 0.0540. The van der Waals surface area contributed by atoms with Crippen LogP contribution in [0.5, 0.6) is 5.75 Å². The number of methoxy groups -OCH3 is 1. The van der Waals surface area contributed by atoms with Crippen LogP contribution in [-0.4, -0.2) is 47.6 Å². The Labute approximate surface area is 280 Å². The van der Waals surface area contributed by atoms with Crippen LogP contribution in [0.2, 0.25) is 0 Å². The molecule has 0 bridgehead atoms. The van der Waals surface area contributed by atoms with Crippen molar-refractivity contribution in [1.82, 2.24) is 15.1 Å². The van der Waals surface area contributed by atoms with Gasteiger partial charge in [-0.05, 0) is 138 Å². The quantitative estimate of drug-likeness (QED) is 0.240. The van der Waals surface area contributed by atoms with Crippen molar-refractivity contribution in [3.05, 3.63) is 66.0 Å². The van der Waals surface area contributed by atoms with E-state index in [4.69, 9.17) is 9.47 Å². The molecule has 3 aliphatic carbocycles. The lowest BCUT2D eigenvalue weighted by Gasteiger charge is -2.36. The standard InChI is InChI=1S/C39H52N4O4/c1-26(2)43-25-33(23-40-43)31-7-5-8-35(22-31)42(24-28-11-13-29(14-12-28)32-17-20-37(46-4)27(3)21-32)38(44)30-15-18-34(19-16-30)41-39(45)47-36-9-6-10-36/h5,7-8,17,20-23,25-26,28-30,34,36H,6,9-16,18-19,24H2,1-4H3,(H,41,45). The van der Waals surface area contributed by atoms with E-state index in [9.17, 15) is 9.59 Å². The number of rotatable bonds is 10. The molecule has 3 fully saturated rings. The first-order chi connectivity index (χ1) is 22.8. The summed E-state index contributed by atoms with van der Waals surface area (Å²) in [6.45, 7) is 7.09. The number of carbonyl (C=O) groups is 2. The van der Waals surface area contributed by atoms with Gasteiger partial charge in [0.2, 0.25) is 5.91 Å². The number of hydrogen-bond donors (Lipinski definition) is 1. The molecule has 3 saturated carbocycles. The van der Waals surface area contributed by atoms with E-state index in [0.717, 1.165) is 99.7 Å². The Bertz CT molecular complexity index is 1510. The number of carbonyl (C=O) groups excluding carboxylic acids is 2. The smallest absolute Gasteiger partial charge is 0.407 e. The zero-order valence-corrected chi connectivity index (χ0v) is 28.6. The van der Waals surface area contributed by atoms with Crippen molar-refractivity contribution in [2.45, 2.75) is 116 Å². The lowest BCUT2D eigenvalue weighted by atomic mass is 9.78. The fourth-order valence-electron chi connectivity index (χ4n) is 7.58. The van der Waals surface area contributed by atoms with E-state index in [1.807, 2.05) is 10.9 Å². The Morgan fingerprint density at radius 2 is 1.72 bits per heavy atom. The molecule has 47 heavy (non-hydrogen) atoms. The van der Waals surface area contributed by atoms with Crippen LogP contribution in [-0.2, 0) is 9.53 Å². The fraction of sp³-hybridized carbons (Fsp3) is 0.564. The number of hydrogen-bond acceptors (Lipinski definition) is 5. The normalized spacial score (nSPS) is 23.2. The van der Waals surface area contributed by atoms with Crippen molar-refractivity contribution in [3.63, 3.8) is 0 Å². The Morgan fingerprint density at radius 3 is 2.36 bits per heavy atom. The van der Waals surface area contributed by atoms with Gasteiger partial charge in [-0.15, -0.1) is 0 Å². The van der Waals surface area contributed by atoms with Crippen LogP contribution < -0.4 is 15.0 Å². The summed E-state index contributed by atoms with van der Waals surface area (Å²) in [6, 6.07) is 15.4. The average molecular weight is 641 g/mol. The summed E-state index contributed by atoms with van der Waals surface area (Å²) in [5, 5.41) is 7.62. The lowest BCUT2D eigenvalue weighted by Crippen LogP contribution is -2.45. The van der Waals surface area contributed by atoms with Crippen molar-refractivity contribution in [1.29, 1.82) is 0 Å². The molecule has 2 aromatic carbocycles. The number of nitrogens with zero attached hydrogens (tertiary/aromatic N) is 3. The van der Waals surface area contributed by atoms with Gasteiger partial charge in [0.05, 0.1) is 13.3 Å². The fourth-order valence-corrected chi connectivity index (χ4v) is 7.58. The molecule has 0 radical (unpaired) electrons. The van der Waals surface area contributed by atoms with Crippen molar-refractivity contribution >= 4 is 17.7 Å².